The minimum Gasteiger partial charge on any atom is -0.464 e. The lowest BCUT2D eigenvalue weighted by Crippen LogP contribution is -2.49. The van der Waals surface area contributed by atoms with Crippen LogP contribution in [0.15, 0.2) is 58.3 Å². The Morgan fingerprint density at radius 2 is 1.83 bits per heavy atom. The van der Waals surface area contributed by atoms with E-state index in [-0.39, 0.29) is 24.4 Å². The van der Waals surface area contributed by atoms with E-state index >= 15 is 0 Å². The second-order valence-electron chi connectivity index (χ2n) is 8.78. The van der Waals surface area contributed by atoms with E-state index in [1.54, 1.807) is 36.6 Å². The normalized spacial score (nSPS) is 14.5. The SMILES string of the molecule is CCc1ccc(N(C(=O)CNC(=O)c2cccs2)[C@@H](C(=O)NC2CCCC2)c2ccc(C)o2)cc1. The Labute approximate surface area is 209 Å². The van der Waals surface area contributed by atoms with Crippen LogP contribution in [-0.2, 0) is 16.0 Å². The van der Waals surface area contributed by atoms with Crippen LogP contribution in [0.5, 0.6) is 0 Å². The number of anilines is 1. The zero-order valence-electron chi connectivity index (χ0n) is 20.1. The van der Waals surface area contributed by atoms with Crippen LogP contribution in [0.25, 0.3) is 0 Å². The van der Waals surface area contributed by atoms with E-state index in [2.05, 4.69) is 17.6 Å². The molecule has 2 N–H and O–H groups in total. The van der Waals surface area contributed by atoms with Gasteiger partial charge in [0.1, 0.15) is 11.5 Å². The summed E-state index contributed by atoms with van der Waals surface area (Å²) in [5.41, 5.74) is 1.69. The first kappa shape index (κ1) is 24.7. The van der Waals surface area contributed by atoms with Crippen molar-refractivity contribution in [1.29, 1.82) is 0 Å². The number of hydrogen-bond donors (Lipinski definition) is 2. The van der Waals surface area contributed by atoms with Gasteiger partial charge in [0, 0.05) is 11.7 Å². The first-order valence-corrected chi connectivity index (χ1v) is 12.9. The maximum atomic E-state index is 13.6. The van der Waals surface area contributed by atoms with Gasteiger partial charge in [-0.3, -0.25) is 19.3 Å². The van der Waals surface area contributed by atoms with E-state index in [1.807, 2.05) is 24.3 Å². The number of benzene rings is 1. The van der Waals surface area contributed by atoms with Crippen molar-refractivity contribution >= 4 is 34.7 Å². The van der Waals surface area contributed by atoms with Crippen LogP contribution < -0.4 is 15.5 Å². The smallest absolute Gasteiger partial charge is 0.261 e. The van der Waals surface area contributed by atoms with Gasteiger partial charge in [-0.05, 0) is 67.5 Å². The third-order valence-electron chi connectivity index (χ3n) is 6.28. The zero-order chi connectivity index (χ0) is 24.8. The van der Waals surface area contributed by atoms with Crippen LogP contribution in [0.1, 0.15) is 65.4 Å². The standard InChI is InChI=1S/C27H31N3O4S/c1-3-19-11-13-21(14-12-19)30(24(31)17-28-26(32)23-9-6-16-35-23)25(22-15-10-18(2)34-22)27(33)29-20-7-4-5-8-20/h6,9-16,20,25H,3-5,7-8,17H2,1-2H3,(H,28,32)(H,29,33)/t25-/m1/s1. The first-order valence-electron chi connectivity index (χ1n) is 12.1. The van der Waals surface area contributed by atoms with Crippen molar-refractivity contribution in [3.8, 4) is 0 Å². The average Bonchev–Trinajstić information content (AvgIpc) is 3.64. The summed E-state index contributed by atoms with van der Waals surface area (Å²) >= 11 is 1.30. The molecular weight excluding hydrogens is 462 g/mol. The molecule has 7 nitrogen and oxygen atoms in total. The molecule has 2 aromatic heterocycles. The summed E-state index contributed by atoms with van der Waals surface area (Å²) in [6, 6.07) is 13.7. The Morgan fingerprint density at radius 1 is 1.09 bits per heavy atom. The van der Waals surface area contributed by atoms with Crippen LogP contribution in [0, 0.1) is 6.92 Å². The summed E-state index contributed by atoms with van der Waals surface area (Å²) in [4.78, 5) is 41.7. The fraction of sp³-hybridized carbons (Fsp3) is 0.370. The molecule has 1 saturated carbocycles. The van der Waals surface area contributed by atoms with Crippen molar-refractivity contribution < 1.29 is 18.8 Å². The van der Waals surface area contributed by atoms with E-state index in [9.17, 15) is 14.4 Å². The Balaban J connectivity index is 1.66. The third-order valence-corrected chi connectivity index (χ3v) is 7.14. The van der Waals surface area contributed by atoms with E-state index in [4.69, 9.17) is 4.42 Å². The van der Waals surface area contributed by atoms with Crippen molar-refractivity contribution in [2.24, 2.45) is 0 Å². The van der Waals surface area contributed by atoms with Crippen molar-refractivity contribution in [2.45, 2.75) is 58.0 Å². The summed E-state index contributed by atoms with van der Waals surface area (Å²) in [6.07, 6.45) is 4.85. The van der Waals surface area contributed by atoms with Crippen molar-refractivity contribution in [3.05, 3.63) is 75.9 Å². The molecule has 1 fully saturated rings. The summed E-state index contributed by atoms with van der Waals surface area (Å²) < 4.78 is 5.87. The fourth-order valence-corrected chi connectivity index (χ4v) is 5.03. The molecule has 0 bridgehead atoms. The summed E-state index contributed by atoms with van der Waals surface area (Å²) in [6.45, 7) is 3.61. The minimum absolute atomic E-state index is 0.0824. The van der Waals surface area contributed by atoms with Crippen LogP contribution in [0.4, 0.5) is 5.69 Å². The molecule has 8 heteroatoms. The fourth-order valence-electron chi connectivity index (χ4n) is 4.39. The van der Waals surface area contributed by atoms with E-state index in [0.717, 1.165) is 37.7 Å². The highest BCUT2D eigenvalue weighted by molar-refractivity contribution is 7.12. The van der Waals surface area contributed by atoms with Crippen LogP contribution in [0.3, 0.4) is 0 Å². The largest absolute Gasteiger partial charge is 0.464 e. The van der Waals surface area contributed by atoms with Crippen LogP contribution >= 0.6 is 11.3 Å². The lowest BCUT2D eigenvalue weighted by atomic mass is 10.1. The predicted molar refractivity (Wildman–Crippen MR) is 137 cm³/mol. The molecule has 1 aliphatic rings. The molecule has 0 unspecified atom stereocenters. The molecule has 3 amide bonds. The molecule has 1 aromatic carbocycles. The zero-order valence-corrected chi connectivity index (χ0v) is 20.9. The molecule has 0 aliphatic heterocycles. The molecule has 0 radical (unpaired) electrons. The van der Waals surface area contributed by atoms with Crippen molar-refractivity contribution in [1.82, 2.24) is 10.6 Å². The van der Waals surface area contributed by atoms with Gasteiger partial charge < -0.3 is 15.1 Å². The molecule has 184 valence electrons. The van der Waals surface area contributed by atoms with Crippen LogP contribution in [0.2, 0.25) is 0 Å². The topological polar surface area (TPSA) is 91.7 Å². The Morgan fingerprint density at radius 3 is 2.43 bits per heavy atom. The number of furan rings is 1. The van der Waals surface area contributed by atoms with Gasteiger partial charge in [-0.2, -0.15) is 0 Å². The molecular formula is C27H31N3O4S. The Bertz CT molecular complexity index is 1150. The number of aryl methyl sites for hydroxylation is 2. The van der Waals surface area contributed by atoms with E-state index in [0.29, 0.717) is 22.1 Å². The van der Waals surface area contributed by atoms with Gasteiger partial charge in [-0.25, -0.2) is 0 Å². The molecule has 0 saturated heterocycles. The molecule has 1 atom stereocenters. The molecule has 4 rings (SSSR count). The number of nitrogens with one attached hydrogen (secondary N) is 2. The average molecular weight is 494 g/mol. The monoisotopic (exact) mass is 493 g/mol. The lowest BCUT2D eigenvalue weighted by Gasteiger charge is -2.31. The second-order valence-corrected chi connectivity index (χ2v) is 9.73. The van der Waals surface area contributed by atoms with Gasteiger partial charge in [0.05, 0.1) is 11.4 Å². The predicted octanol–water partition coefficient (Wildman–Crippen LogP) is 4.78. The summed E-state index contributed by atoms with van der Waals surface area (Å²) in [7, 11) is 0. The Kier molecular flexibility index (Phi) is 8.02. The first-order chi connectivity index (χ1) is 17.0. The maximum absolute atomic E-state index is 13.6. The highest BCUT2D eigenvalue weighted by atomic mass is 32.1. The van der Waals surface area contributed by atoms with Gasteiger partial charge >= 0.3 is 0 Å². The maximum Gasteiger partial charge on any atom is 0.261 e. The highest BCUT2D eigenvalue weighted by Gasteiger charge is 2.36. The number of carbonyl (C=O) groups is 3. The molecule has 3 aromatic rings. The minimum atomic E-state index is -0.997. The van der Waals surface area contributed by atoms with Gasteiger partial charge in [0.2, 0.25) is 5.91 Å². The summed E-state index contributed by atoms with van der Waals surface area (Å²) in [5.74, 6) is 0.0212. The lowest BCUT2D eigenvalue weighted by molar-refractivity contribution is -0.127. The number of carbonyl (C=O) groups excluding carboxylic acids is 3. The van der Waals surface area contributed by atoms with E-state index in [1.165, 1.54) is 16.2 Å². The van der Waals surface area contributed by atoms with Gasteiger partial charge in [0.25, 0.3) is 11.8 Å². The Hall–Kier alpha value is -3.39. The van der Waals surface area contributed by atoms with Crippen LogP contribution in [-0.4, -0.2) is 30.3 Å². The molecule has 2 heterocycles. The third kappa shape index (κ3) is 6.00. The van der Waals surface area contributed by atoms with Crippen molar-refractivity contribution in [3.63, 3.8) is 0 Å². The van der Waals surface area contributed by atoms with Gasteiger partial charge in [-0.1, -0.05) is 38.0 Å². The second kappa shape index (κ2) is 11.4. The van der Waals surface area contributed by atoms with Gasteiger partial charge in [-0.15, -0.1) is 11.3 Å². The molecule has 0 spiro atoms. The number of thiophene rings is 1. The highest BCUT2D eigenvalue weighted by Crippen LogP contribution is 2.30. The van der Waals surface area contributed by atoms with E-state index < -0.39 is 11.9 Å². The number of rotatable bonds is 9. The molecule has 35 heavy (non-hydrogen) atoms. The number of nitrogens with zero attached hydrogens (tertiary/aromatic N) is 1. The summed E-state index contributed by atoms with van der Waals surface area (Å²) in [5, 5.41) is 7.63. The van der Waals surface area contributed by atoms with Gasteiger partial charge in [0.15, 0.2) is 6.04 Å². The molecule has 1 aliphatic carbocycles. The quantitative estimate of drug-likeness (QED) is 0.449. The van der Waals surface area contributed by atoms with Crippen molar-refractivity contribution in [2.75, 3.05) is 11.4 Å². The number of hydrogen-bond acceptors (Lipinski definition) is 5. The number of amides is 3.